The van der Waals surface area contributed by atoms with Gasteiger partial charge in [-0.3, -0.25) is 0 Å². The summed E-state index contributed by atoms with van der Waals surface area (Å²) in [4.78, 5) is 1.47. The molecule has 0 aliphatic carbocycles. The van der Waals surface area contributed by atoms with Gasteiger partial charge in [0, 0.05) is 16.3 Å². The second-order valence-corrected chi connectivity index (χ2v) is 6.73. The molecule has 98 valence electrons. The first kappa shape index (κ1) is 14.5. The van der Waals surface area contributed by atoms with E-state index in [0.717, 1.165) is 4.88 Å². The maximum absolute atomic E-state index is 12.0. The van der Waals surface area contributed by atoms with Crippen molar-refractivity contribution in [2.24, 2.45) is 0 Å². The number of halogens is 2. The number of hydrogen-bond donors (Lipinski definition) is 2. The fourth-order valence-corrected chi connectivity index (χ4v) is 3.84. The molecule has 0 saturated heterocycles. The second kappa shape index (κ2) is 5.38. The van der Waals surface area contributed by atoms with E-state index in [1.54, 1.807) is 13.8 Å². The highest BCUT2D eigenvalue weighted by atomic mass is 32.2. The lowest BCUT2D eigenvalue weighted by atomic mass is 10.4. The van der Waals surface area contributed by atoms with Gasteiger partial charge in [-0.15, -0.1) is 11.3 Å². The van der Waals surface area contributed by atoms with Crippen LogP contribution >= 0.6 is 11.3 Å². The average molecular weight is 285 g/mol. The van der Waals surface area contributed by atoms with Crippen LogP contribution in [0.4, 0.5) is 8.78 Å². The van der Waals surface area contributed by atoms with Gasteiger partial charge in [0.25, 0.3) is 6.43 Å². The summed E-state index contributed by atoms with van der Waals surface area (Å²) in [6.07, 6.45) is -4.96. The van der Waals surface area contributed by atoms with E-state index in [2.05, 4.69) is 0 Å². The standard InChI is InChI=1S/C9H13F2NO3S2/c1-5-3-8(6(2)16-5)17(14,15)12-4-7(13)9(10)11/h3,7,9,12-13H,4H2,1-2H3. The van der Waals surface area contributed by atoms with Crippen LogP contribution in [0.1, 0.15) is 9.75 Å². The van der Waals surface area contributed by atoms with Crippen molar-refractivity contribution in [3.63, 3.8) is 0 Å². The zero-order chi connectivity index (χ0) is 13.2. The quantitative estimate of drug-likeness (QED) is 0.856. The van der Waals surface area contributed by atoms with Crippen molar-refractivity contribution in [2.45, 2.75) is 31.3 Å². The summed E-state index contributed by atoms with van der Waals surface area (Å²) in [6, 6.07) is 1.47. The third-order valence-corrected chi connectivity index (χ3v) is 4.70. The molecule has 0 saturated carbocycles. The first-order valence-electron chi connectivity index (χ1n) is 4.77. The van der Waals surface area contributed by atoms with Crippen LogP contribution in [0.25, 0.3) is 0 Å². The van der Waals surface area contributed by atoms with E-state index in [-0.39, 0.29) is 4.90 Å². The molecule has 1 unspecified atom stereocenters. The Kier molecular flexibility index (Phi) is 4.59. The molecule has 4 nitrogen and oxygen atoms in total. The van der Waals surface area contributed by atoms with Gasteiger partial charge in [0.05, 0.1) is 4.90 Å². The molecule has 0 amide bonds. The molecule has 0 fully saturated rings. The highest BCUT2D eigenvalue weighted by Crippen LogP contribution is 2.24. The Labute approximate surface area is 102 Å². The Morgan fingerprint density at radius 2 is 2.06 bits per heavy atom. The minimum absolute atomic E-state index is 0.0708. The van der Waals surface area contributed by atoms with Crippen LogP contribution in [0.5, 0.6) is 0 Å². The summed E-state index contributed by atoms with van der Waals surface area (Å²) in [5.41, 5.74) is 0. The van der Waals surface area contributed by atoms with Gasteiger partial charge in [-0.25, -0.2) is 21.9 Å². The topological polar surface area (TPSA) is 66.4 Å². The molecule has 1 rings (SSSR count). The Bertz CT molecular complexity index is 484. The fraction of sp³-hybridized carbons (Fsp3) is 0.556. The van der Waals surface area contributed by atoms with Crippen LogP contribution < -0.4 is 4.72 Å². The minimum atomic E-state index is -3.83. The van der Waals surface area contributed by atoms with Crippen molar-refractivity contribution in [3.05, 3.63) is 15.8 Å². The number of alkyl halides is 2. The van der Waals surface area contributed by atoms with Crippen LogP contribution in [-0.4, -0.2) is 32.6 Å². The SMILES string of the molecule is Cc1cc(S(=O)(=O)NCC(O)C(F)F)c(C)s1. The lowest BCUT2D eigenvalue weighted by Crippen LogP contribution is -2.35. The zero-order valence-corrected chi connectivity index (χ0v) is 10.9. The summed E-state index contributed by atoms with van der Waals surface area (Å²) in [6.45, 7) is 2.69. The van der Waals surface area contributed by atoms with Crippen molar-refractivity contribution in [3.8, 4) is 0 Å². The third kappa shape index (κ3) is 3.70. The second-order valence-electron chi connectivity index (χ2n) is 3.53. The van der Waals surface area contributed by atoms with Crippen molar-refractivity contribution >= 4 is 21.4 Å². The van der Waals surface area contributed by atoms with E-state index in [4.69, 9.17) is 5.11 Å². The molecule has 0 radical (unpaired) electrons. The summed E-state index contributed by atoms with van der Waals surface area (Å²) in [5.74, 6) is 0. The highest BCUT2D eigenvalue weighted by Gasteiger charge is 2.23. The highest BCUT2D eigenvalue weighted by molar-refractivity contribution is 7.89. The van der Waals surface area contributed by atoms with Crippen LogP contribution in [0.15, 0.2) is 11.0 Å². The summed E-state index contributed by atoms with van der Waals surface area (Å²) < 4.78 is 49.4. The van der Waals surface area contributed by atoms with Gasteiger partial charge in [0.1, 0.15) is 6.10 Å². The minimum Gasteiger partial charge on any atom is -0.386 e. The van der Waals surface area contributed by atoms with Gasteiger partial charge >= 0.3 is 0 Å². The molecule has 17 heavy (non-hydrogen) atoms. The van der Waals surface area contributed by atoms with Gasteiger partial charge in [0.15, 0.2) is 0 Å². The zero-order valence-electron chi connectivity index (χ0n) is 9.28. The Morgan fingerprint density at radius 1 is 1.47 bits per heavy atom. The summed E-state index contributed by atoms with van der Waals surface area (Å²) >= 11 is 1.31. The number of aliphatic hydroxyl groups is 1. The van der Waals surface area contributed by atoms with Crippen LogP contribution in [0, 0.1) is 13.8 Å². The van der Waals surface area contributed by atoms with Gasteiger partial charge in [0.2, 0.25) is 10.0 Å². The number of hydrogen-bond acceptors (Lipinski definition) is 4. The maximum Gasteiger partial charge on any atom is 0.265 e. The number of nitrogens with one attached hydrogen (secondary N) is 1. The van der Waals surface area contributed by atoms with Gasteiger partial charge in [-0.05, 0) is 19.9 Å². The van der Waals surface area contributed by atoms with Crippen molar-refractivity contribution in [1.29, 1.82) is 0 Å². The molecule has 1 heterocycles. The molecule has 0 aliphatic rings. The number of aryl methyl sites for hydroxylation is 2. The smallest absolute Gasteiger partial charge is 0.265 e. The normalized spacial score (nSPS) is 14.2. The lowest BCUT2D eigenvalue weighted by Gasteiger charge is -2.10. The van der Waals surface area contributed by atoms with Crippen LogP contribution in [0.3, 0.4) is 0 Å². The fourth-order valence-electron chi connectivity index (χ4n) is 1.24. The van der Waals surface area contributed by atoms with Gasteiger partial charge in [-0.2, -0.15) is 0 Å². The molecule has 1 atom stereocenters. The number of aliphatic hydroxyl groups excluding tert-OH is 1. The largest absolute Gasteiger partial charge is 0.386 e. The average Bonchev–Trinajstić information content (AvgIpc) is 2.55. The number of thiophene rings is 1. The molecule has 1 aromatic rings. The Morgan fingerprint density at radius 3 is 2.47 bits per heavy atom. The van der Waals surface area contributed by atoms with Crippen molar-refractivity contribution in [1.82, 2.24) is 4.72 Å². The lowest BCUT2D eigenvalue weighted by molar-refractivity contribution is -0.000451. The molecule has 1 aromatic heterocycles. The first-order valence-corrected chi connectivity index (χ1v) is 7.07. The predicted molar refractivity (Wildman–Crippen MR) is 61.0 cm³/mol. The first-order chi connectivity index (χ1) is 7.74. The molecule has 0 aromatic carbocycles. The molecule has 2 N–H and O–H groups in total. The van der Waals surface area contributed by atoms with E-state index >= 15 is 0 Å². The number of rotatable bonds is 5. The van der Waals surface area contributed by atoms with Crippen LogP contribution in [0.2, 0.25) is 0 Å². The maximum atomic E-state index is 12.0. The molecular formula is C9H13F2NO3S2. The van der Waals surface area contributed by atoms with Crippen molar-refractivity contribution in [2.75, 3.05) is 6.54 Å². The van der Waals surface area contributed by atoms with Crippen LogP contribution in [-0.2, 0) is 10.0 Å². The Hall–Kier alpha value is -0.570. The molecule has 8 heteroatoms. The van der Waals surface area contributed by atoms with E-state index in [0.29, 0.717) is 4.88 Å². The monoisotopic (exact) mass is 285 g/mol. The predicted octanol–water partition coefficient (Wildman–Crippen LogP) is 1.27. The molecule has 0 bridgehead atoms. The van der Waals surface area contributed by atoms with Gasteiger partial charge < -0.3 is 5.11 Å². The van der Waals surface area contributed by atoms with E-state index < -0.39 is 29.1 Å². The summed E-state index contributed by atoms with van der Waals surface area (Å²) in [7, 11) is -3.83. The Balaban J connectivity index is 2.80. The van der Waals surface area contributed by atoms with Gasteiger partial charge in [-0.1, -0.05) is 0 Å². The van der Waals surface area contributed by atoms with E-state index in [1.807, 2.05) is 4.72 Å². The molecular weight excluding hydrogens is 272 g/mol. The molecule has 0 spiro atoms. The third-order valence-electron chi connectivity index (χ3n) is 2.06. The van der Waals surface area contributed by atoms with E-state index in [1.165, 1.54) is 17.4 Å². The summed E-state index contributed by atoms with van der Waals surface area (Å²) in [5, 5.41) is 8.84. The molecule has 0 aliphatic heterocycles. The van der Waals surface area contributed by atoms with Crippen molar-refractivity contribution < 1.29 is 22.3 Å². The number of sulfonamides is 1. The van der Waals surface area contributed by atoms with E-state index in [9.17, 15) is 17.2 Å².